The number of thioether (sulfide) groups is 1. The smallest absolute Gasteiger partial charge is 0.191 e. The maximum atomic E-state index is 13.8. The first kappa shape index (κ1) is 14.2. The lowest BCUT2D eigenvalue weighted by molar-refractivity contribution is 0.103. The average molecular weight is 321 g/mol. The number of Topliss-reactive ketones (excluding diaryl/α,β-unsaturated/α-hetero) is 1. The summed E-state index contributed by atoms with van der Waals surface area (Å²) >= 11 is 1.37. The minimum atomic E-state index is -0.323. The number of pyridine rings is 1. The summed E-state index contributed by atoms with van der Waals surface area (Å²) in [5.41, 5.74) is 3.02. The molecule has 0 amide bonds. The van der Waals surface area contributed by atoms with E-state index < -0.39 is 0 Å². The number of hydrogen-bond acceptors (Lipinski definition) is 3. The first-order valence-corrected chi connectivity index (χ1v) is 8.22. The van der Waals surface area contributed by atoms with Gasteiger partial charge in [-0.15, -0.1) is 11.8 Å². The molecule has 0 unspecified atom stereocenters. The van der Waals surface area contributed by atoms with Gasteiger partial charge in [0.1, 0.15) is 5.82 Å². The van der Waals surface area contributed by atoms with E-state index in [0.717, 1.165) is 16.5 Å². The average Bonchev–Trinajstić information content (AvgIpc) is 2.58. The number of hydrogen-bond donors (Lipinski definition) is 0. The second-order valence-corrected chi connectivity index (χ2v) is 6.35. The van der Waals surface area contributed by atoms with Crippen LogP contribution in [-0.4, -0.2) is 16.5 Å². The molecule has 2 heterocycles. The molecule has 2 aromatic carbocycles. The molecule has 1 aromatic heterocycles. The van der Waals surface area contributed by atoms with Crippen molar-refractivity contribution in [2.24, 2.45) is 0 Å². The monoisotopic (exact) mass is 321 g/mol. The maximum Gasteiger partial charge on any atom is 0.191 e. The molecule has 0 N–H and O–H groups in total. The first-order chi connectivity index (χ1) is 11.2. The Morgan fingerprint density at radius 3 is 2.96 bits per heavy atom. The molecular formula is C19H12FNOS. The van der Waals surface area contributed by atoms with Gasteiger partial charge in [0.25, 0.3) is 0 Å². The number of nitrogens with zero attached hydrogens (tertiary/aromatic N) is 1. The molecular weight excluding hydrogens is 309 g/mol. The van der Waals surface area contributed by atoms with Gasteiger partial charge in [0, 0.05) is 28.5 Å². The fourth-order valence-corrected chi connectivity index (χ4v) is 3.75. The number of carbonyl (C=O) groups is 1. The number of halogens is 1. The van der Waals surface area contributed by atoms with E-state index in [4.69, 9.17) is 0 Å². The molecule has 2 nitrogen and oxygen atoms in total. The molecule has 0 spiro atoms. The lowest BCUT2D eigenvalue weighted by Gasteiger charge is -2.17. The van der Waals surface area contributed by atoms with Crippen molar-refractivity contribution in [1.29, 1.82) is 0 Å². The van der Waals surface area contributed by atoms with Crippen LogP contribution in [0.1, 0.15) is 15.9 Å². The van der Waals surface area contributed by atoms with E-state index in [1.54, 1.807) is 18.3 Å². The van der Waals surface area contributed by atoms with Crippen molar-refractivity contribution in [3.8, 4) is 0 Å². The van der Waals surface area contributed by atoms with Gasteiger partial charge in [-0.25, -0.2) is 4.39 Å². The van der Waals surface area contributed by atoms with Gasteiger partial charge in [-0.05, 0) is 42.0 Å². The van der Waals surface area contributed by atoms with Crippen LogP contribution in [0.15, 0.2) is 65.2 Å². The van der Waals surface area contributed by atoms with Crippen LogP contribution in [0.5, 0.6) is 0 Å². The number of ketones is 1. The lowest BCUT2D eigenvalue weighted by Crippen LogP contribution is -2.13. The molecule has 1 aliphatic heterocycles. The minimum Gasteiger partial charge on any atom is -0.289 e. The van der Waals surface area contributed by atoms with Gasteiger partial charge in [-0.2, -0.15) is 0 Å². The van der Waals surface area contributed by atoms with Gasteiger partial charge in [-0.1, -0.05) is 18.2 Å². The van der Waals surface area contributed by atoms with E-state index in [2.05, 4.69) is 4.98 Å². The predicted molar refractivity (Wildman–Crippen MR) is 91.2 cm³/mol. The summed E-state index contributed by atoms with van der Waals surface area (Å²) < 4.78 is 13.8. The van der Waals surface area contributed by atoms with E-state index >= 15 is 0 Å². The maximum absolute atomic E-state index is 13.8. The molecule has 4 rings (SSSR count). The summed E-state index contributed by atoms with van der Waals surface area (Å²) in [5.74, 6) is 0.0684. The Morgan fingerprint density at radius 1 is 1.13 bits per heavy atom. The Labute approximate surface area is 137 Å². The second kappa shape index (κ2) is 5.63. The zero-order valence-corrected chi connectivity index (χ0v) is 12.9. The van der Waals surface area contributed by atoms with Gasteiger partial charge >= 0.3 is 0 Å². The quantitative estimate of drug-likeness (QED) is 0.606. The van der Waals surface area contributed by atoms with Crippen molar-refractivity contribution in [2.45, 2.75) is 4.90 Å². The first-order valence-electron chi connectivity index (χ1n) is 7.24. The van der Waals surface area contributed by atoms with E-state index in [9.17, 15) is 9.18 Å². The van der Waals surface area contributed by atoms with Crippen LogP contribution in [0, 0.1) is 5.82 Å². The highest BCUT2D eigenvalue weighted by Gasteiger charge is 2.24. The Morgan fingerprint density at radius 2 is 2.04 bits per heavy atom. The van der Waals surface area contributed by atoms with Crippen molar-refractivity contribution in [2.75, 3.05) is 5.75 Å². The third kappa shape index (κ3) is 2.55. The Bertz CT molecular complexity index is 964. The summed E-state index contributed by atoms with van der Waals surface area (Å²) in [6, 6.07) is 14.4. The molecule has 4 heteroatoms. The Hall–Kier alpha value is -2.46. The lowest BCUT2D eigenvalue weighted by atomic mass is 10.0. The number of rotatable bonds is 1. The van der Waals surface area contributed by atoms with Crippen molar-refractivity contribution in [1.82, 2.24) is 4.98 Å². The van der Waals surface area contributed by atoms with E-state index in [1.807, 2.05) is 36.4 Å². The summed E-state index contributed by atoms with van der Waals surface area (Å²) in [6.07, 6.45) is 3.64. The number of aromatic nitrogens is 1. The Kier molecular flexibility index (Phi) is 3.46. The van der Waals surface area contributed by atoms with Crippen LogP contribution in [0.2, 0.25) is 0 Å². The van der Waals surface area contributed by atoms with Crippen LogP contribution < -0.4 is 0 Å². The second-order valence-electron chi connectivity index (χ2n) is 5.36. The van der Waals surface area contributed by atoms with E-state index in [-0.39, 0.29) is 11.6 Å². The van der Waals surface area contributed by atoms with Crippen molar-refractivity contribution in [3.63, 3.8) is 0 Å². The topological polar surface area (TPSA) is 30.0 Å². The zero-order chi connectivity index (χ0) is 15.8. The molecule has 0 fully saturated rings. The molecule has 0 saturated heterocycles. The van der Waals surface area contributed by atoms with E-state index in [0.29, 0.717) is 21.8 Å². The van der Waals surface area contributed by atoms with E-state index in [1.165, 1.54) is 17.8 Å². The molecule has 3 aromatic rings. The summed E-state index contributed by atoms with van der Waals surface area (Å²) in [4.78, 5) is 17.3. The molecule has 0 saturated carbocycles. The zero-order valence-electron chi connectivity index (χ0n) is 12.1. The van der Waals surface area contributed by atoms with Crippen molar-refractivity contribution in [3.05, 3.63) is 77.2 Å². The molecule has 112 valence electrons. The largest absolute Gasteiger partial charge is 0.289 e. The SMILES string of the molecule is O=C1/C(=C/c2ccc3ncccc3c2)CSc2c(F)cccc21. The van der Waals surface area contributed by atoms with Crippen LogP contribution in [0.3, 0.4) is 0 Å². The summed E-state index contributed by atoms with van der Waals surface area (Å²) in [6.45, 7) is 0. The normalized spacial score (nSPS) is 15.9. The third-order valence-electron chi connectivity index (χ3n) is 3.84. The van der Waals surface area contributed by atoms with Crippen LogP contribution in [0.25, 0.3) is 17.0 Å². The standard InChI is InChI=1S/C19H12FNOS/c20-16-5-1-4-15-18(22)14(11-23-19(15)16)10-12-6-7-17-13(9-12)3-2-8-21-17/h1-10H,11H2/b14-10+. The van der Waals surface area contributed by atoms with Crippen LogP contribution >= 0.6 is 11.8 Å². The van der Waals surface area contributed by atoms with Crippen molar-refractivity contribution >= 4 is 34.5 Å². The molecule has 0 radical (unpaired) electrons. The van der Waals surface area contributed by atoms with Crippen molar-refractivity contribution < 1.29 is 9.18 Å². The number of benzene rings is 2. The molecule has 0 bridgehead atoms. The number of carbonyl (C=O) groups excluding carboxylic acids is 1. The number of fused-ring (bicyclic) bond motifs is 2. The fourth-order valence-electron chi connectivity index (χ4n) is 2.72. The van der Waals surface area contributed by atoms with Gasteiger partial charge in [0.2, 0.25) is 0 Å². The predicted octanol–water partition coefficient (Wildman–Crippen LogP) is 4.75. The van der Waals surface area contributed by atoms with Gasteiger partial charge in [0.05, 0.1) is 10.4 Å². The molecule has 23 heavy (non-hydrogen) atoms. The molecule has 1 aliphatic rings. The van der Waals surface area contributed by atoms with Gasteiger partial charge in [-0.3, -0.25) is 9.78 Å². The fraction of sp³-hybridized carbons (Fsp3) is 0.0526. The van der Waals surface area contributed by atoms with Gasteiger partial charge in [0.15, 0.2) is 5.78 Å². The minimum absolute atomic E-state index is 0.0930. The van der Waals surface area contributed by atoms with Crippen LogP contribution in [-0.2, 0) is 0 Å². The highest BCUT2D eigenvalue weighted by molar-refractivity contribution is 7.99. The highest BCUT2D eigenvalue weighted by Crippen LogP contribution is 2.35. The summed E-state index contributed by atoms with van der Waals surface area (Å²) in [5, 5.41) is 1.03. The third-order valence-corrected chi connectivity index (χ3v) is 5.00. The van der Waals surface area contributed by atoms with Gasteiger partial charge < -0.3 is 0 Å². The Balaban J connectivity index is 1.75. The summed E-state index contributed by atoms with van der Waals surface area (Å²) in [7, 11) is 0. The molecule has 0 aliphatic carbocycles. The highest BCUT2D eigenvalue weighted by atomic mass is 32.2. The van der Waals surface area contributed by atoms with Crippen LogP contribution in [0.4, 0.5) is 4.39 Å². The molecule has 0 atom stereocenters.